The number of methoxy groups -OCH3 is 1. The molecule has 4 rings (SSSR count). The van der Waals surface area contributed by atoms with Crippen LogP contribution in [0.1, 0.15) is 34.3 Å². The number of hydrogen-bond acceptors (Lipinski definition) is 6. The highest BCUT2D eigenvalue weighted by Crippen LogP contribution is 2.35. The fourth-order valence-electron chi connectivity index (χ4n) is 5.22. The molecule has 1 fully saturated rings. The molecule has 3 atom stereocenters. The van der Waals surface area contributed by atoms with Gasteiger partial charge in [0.05, 0.1) is 6.61 Å². The molecule has 3 unspecified atom stereocenters. The molecule has 40 heavy (non-hydrogen) atoms. The van der Waals surface area contributed by atoms with Gasteiger partial charge in [0, 0.05) is 42.0 Å². The van der Waals surface area contributed by atoms with Crippen LogP contribution in [0.4, 0.5) is 0 Å². The number of benzene rings is 3. The van der Waals surface area contributed by atoms with Gasteiger partial charge in [0.2, 0.25) is 0 Å². The lowest BCUT2D eigenvalue weighted by Gasteiger charge is -2.24. The van der Waals surface area contributed by atoms with Gasteiger partial charge in [0.1, 0.15) is 6.04 Å². The van der Waals surface area contributed by atoms with Crippen LogP contribution in [0.3, 0.4) is 0 Å². The van der Waals surface area contributed by atoms with Crippen LogP contribution in [0, 0.1) is 6.92 Å². The molecule has 0 radical (unpaired) electrons. The summed E-state index contributed by atoms with van der Waals surface area (Å²) in [5.41, 5.74) is 4.44. The van der Waals surface area contributed by atoms with E-state index in [1.807, 2.05) is 67.4 Å². The summed E-state index contributed by atoms with van der Waals surface area (Å²) in [4.78, 5) is 29.0. The molecule has 1 aliphatic rings. The Bertz CT molecular complexity index is 1290. The van der Waals surface area contributed by atoms with Crippen molar-refractivity contribution in [1.82, 2.24) is 10.2 Å². The smallest absolute Gasteiger partial charge is 0.326 e. The standard InChI is InChI=1S/C32H38N2O4S2/c1-22-9-7-8-12-27(22)29-17-23(13-14-28(29)31(35)33-30(32(36)37)15-16-39-3)19-34-20-26(18-24(34)21-38-2)40-25-10-5-4-6-11-25/h4-14,17,24,26,30H,15-16,18-21H2,1-3H3,(H,33,35)(H,36,37). The number of rotatable bonds is 13. The van der Waals surface area contributed by atoms with E-state index in [0.29, 0.717) is 35.6 Å². The number of amides is 1. The van der Waals surface area contributed by atoms with E-state index < -0.39 is 12.0 Å². The van der Waals surface area contributed by atoms with E-state index in [9.17, 15) is 14.7 Å². The highest BCUT2D eigenvalue weighted by molar-refractivity contribution is 8.00. The third-order valence-electron chi connectivity index (χ3n) is 7.26. The lowest BCUT2D eigenvalue weighted by atomic mass is 9.93. The quantitative estimate of drug-likeness (QED) is 0.258. The molecule has 0 aliphatic carbocycles. The normalized spacial score (nSPS) is 18.0. The summed E-state index contributed by atoms with van der Waals surface area (Å²) >= 11 is 3.48. The minimum absolute atomic E-state index is 0.309. The second-order valence-corrected chi connectivity index (χ2v) is 12.5. The third kappa shape index (κ3) is 7.91. The fraction of sp³-hybridized carbons (Fsp3) is 0.375. The lowest BCUT2D eigenvalue weighted by molar-refractivity contribution is -0.139. The van der Waals surface area contributed by atoms with Crippen LogP contribution in [0.2, 0.25) is 0 Å². The van der Waals surface area contributed by atoms with E-state index in [-0.39, 0.29) is 5.91 Å². The number of hydrogen-bond donors (Lipinski definition) is 2. The Labute approximate surface area is 245 Å². The predicted octanol–water partition coefficient (Wildman–Crippen LogP) is 5.98. The Balaban J connectivity index is 1.59. The fourth-order valence-corrected chi connectivity index (χ4v) is 6.98. The molecule has 3 aromatic rings. The number of carbonyl (C=O) groups is 2. The number of carbonyl (C=O) groups excluding carboxylic acids is 1. The van der Waals surface area contributed by atoms with Crippen LogP contribution < -0.4 is 5.32 Å². The lowest BCUT2D eigenvalue weighted by Crippen LogP contribution is -2.41. The van der Waals surface area contributed by atoms with E-state index in [1.165, 1.54) is 4.90 Å². The molecule has 1 heterocycles. The van der Waals surface area contributed by atoms with Crippen LogP contribution in [-0.2, 0) is 16.1 Å². The Morgan fingerprint density at radius 3 is 2.52 bits per heavy atom. The first-order valence-corrected chi connectivity index (χ1v) is 15.8. The zero-order valence-electron chi connectivity index (χ0n) is 23.3. The van der Waals surface area contributed by atoms with Crippen LogP contribution in [-0.4, -0.2) is 71.5 Å². The van der Waals surface area contributed by atoms with E-state index in [0.717, 1.165) is 41.8 Å². The average Bonchev–Trinajstić information content (AvgIpc) is 3.31. The molecule has 1 aliphatic heterocycles. The SMILES string of the molecule is COCC1CC(Sc2ccccc2)CN1Cc1ccc(C(=O)NC(CCSC)C(=O)O)c(-c2ccccc2C)c1. The highest BCUT2D eigenvalue weighted by Gasteiger charge is 2.33. The third-order valence-corrected chi connectivity index (χ3v) is 9.12. The number of nitrogens with one attached hydrogen (secondary N) is 1. The number of nitrogens with zero attached hydrogens (tertiary/aromatic N) is 1. The summed E-state index contributed by atoms with van der Waals surface area (Å²) in [6, 6.07) is 23.8. The maximum Gasteiger partial charge on any atom is 0.326 e. The average molecular weight is 579 g/mol. The Morgan fingerprint density at radius 1 is 1.07 bits per heavy atom. The summed E-state index contributed by atoms with van der Waals surface area (Å²) < 4.78 is 5.58. The zero-order chi connectivity index (χ0) is 28.5. The van der Waals surface area contributed by atoms with Crippen molar-refractivity contribution in [3.8, 4) is 11.1 Å². The first-order valence-electron chi connectivity index (χ1n) is 13.6. The summed E-state index contributed by atoms with van der Waals surface area (Å²) in [5, 5.41) is 12.9. The van der Waals surface area contributed by atoms with Crippen molar-refractivity contribution in [2.75, 3.05) is 32.3 Å². The molecule has 8 heteroatoms. The maximum atomic E-state index is 13.4. The molecule has 0 saturated carbocycles. The number of thioether (sulfide) groups is 2. The summed E-state index contributed by atoms with van der Waals surface area (Å²) in [5.74, 6) is -0.725. The molecular weight excluding hydrogens is 540 g/mol. The number of aliphatic carboxylic acids is 1. The van der Waals surface area contributed by atoms with Crippen LogP contribution in [0.5, 0.6) is 0 Å². The van der Waals surface area contributed by atoms with E-state index in [4.69, 9.17) is 4.74 Å². The van der Waals surface area contributed by atoms with Gasteiger partial charge in [-0.1, -0.05) is 48.5 Å². The van der Waals surface area contributed by atoms with Crippen molar-refractivity contribution >= 4 is 35.4 Å². The van der Waals surface area contributed by atoms with Gasteiger partial charge >= 0.3 is 5.97 Å². The second kappa shape index (κ2) is 14.7. The molecule has 2 N–H and O–H groups in total. The summed E-state index contributed by atoms with van der Waals surface area (Å²) in [6.07, 6.45) is 3.35. The molecule has 212 valence electrons. The Kier molecular flexibility index (Phi) is 11.1. The number of carboxylic acids is 1. The minimum Gasteiger partial charge on any atom is -0.480 e. The van der Waals surface area contributed by atoms with Gasteiger partial charge in [0.15, 0.2) is 0 Å². The van der Waals surface area contributed by atoms with Gasteiger partial charge in [-0.3, -0.25) is 9.69 Å². The van der Waals surface area contributed by atoms with Crippen LogP contribution in [0.15, 0.2) is 77.7 Å². The van der Waals surface area contributed by atoms with Gasteiger partial charge in [-0.25, -0.2) is 4.79 Å². The number of aryl methyl sites for hydroxylation is 1. The Hall–Kier alpha value is -2.78. The van der Waals surface area contributed by atoms with Crippen LogP contribution >= 0.6 is 23.5 Å². The van der Waals surface area contributed by atoms with Gasteiger partial charge in [-0.2, -0.15) is 11.8 Å². The van der Waals surface area contributed by atoms with Crippen molar-refractivity contribution in [3.05, 3.63) is 89.5 Å². The molecule has 6 nitrogen and oxygen atoms in total. The molecule has 3 aromatic carbocycles. The van der Waals surface area contributed by atoms with Gasteiger partial charge in [-0.15, -0.1) is 11.8 Å². The van der Waals surface area contributed by atoms with Crippen molar-refractivity contribution in [2.45, 2.75) is 48.5 Å². The second-order valence-electron chi connectivity index (χ2n) is 10.2. The van der Waals surface area contributed by atoms with E-state index in [2.05, 4.69) is 40.5 Å². The summed E-state index contributed by atoms with van der Waals surface area (Å²) in [7, 11) is 1.75. The Morgan fingerprint density at radius 2 is 1.82 bits per heavy atom. The first kappa shape index (κ1) is 30.2. The van der Waals surface area contributed by atoms with Gasteiger partial charge in [0.25, 0.3) is 5.91 Å². The van der Waals surface area contributed by atoms with Crippen molar-refractivity contribution in [2.24, 2.45) is 0 Å². The topological polar surface area (TPSA) is 78.9 Å². The van der Waals surface area contributed by atoms with Crippen molar-refractivity contribution in [3.63, 3.8) is 0 Å². The van der Waals surface area contributed by atoms with Gasteiger partial charge < -0.3 is 15.2 Å². The summed E-state index contributed by atoms with van der Waals surface area (Å²) in [6.45, 7) is 4.39. The number of ether oxygens (including phenoxy) is 1. The van der Waals surface area contributed by atoms with Gasteiger partial charge in [-0.05, 0) is 78.3 Å². The number of likely N-dealkylation sites (tertiary alicyclic amines) is 1. The van der Waals surface area contributed by atoms with Crippen molar-refractivity contribution in [1.29, 1.82) is 0 Å². The predicted molar refractivity (Wildman–Crippen MR) is 165 cm³/mol. The zero-order valence-corrected chi connectivity index (χ0v) is 25.0. The first-order chi connectivity index (χ1) is 19.4. The highest BCUT2D eigenvalue weighted by atomic mass is 32.2. The molecule has 0 spiro atoms. The molecule has 0 aromatic heterocycles. The maximum absolute atomic E-state index is 13.4. The molecule has 0 bridgehead atoms. The van der Waals surface area contributed by atoms with Crippen LogP contribution in [0.25, 0.3) is 11.1 Å². The van der Waals surface area contributed by atoms with E-state index in [1.54, 1.807) is 18.9 Å². The minimum atomic E-state index is -1.02. The van der Waals surface area contributed by atoms with Crippen molar-refractivity contribution < 1.29 is 19.4 Å². The monoisotopic (exact) mass is 578 g/mol. The molecule has 1 amide bonds. The van der Waals surface area contributed by atoms with E-state index >= 15 is 0 Å². The number of carboxylic acid groups (broad SMARTS) is 1. The largest absolute Gasteiger partial charge is 0.480 e. The molecular formula is C32H38N2O4S2. The molecule has 1 saturated heterocycles.